The summed E-state index contributed by atoms with van der Waals surface area (Å²) >= 11 is 0. The maximum absolute atomic E-state index is 12.4. The van der Waals surface area contributed by atoms with Gasteiger partial charge in [0.1, 0.15) is 5.92 Å². The van der Waals surface area contributed by atoms with Crippen LogP contribution in [0.2, 0.25) is 0 Å². The fourth-order valence-corrected chi connectivity index (χ4v) is 3.36. The van der Waals surface area contributed by atoms with Gasteiger partial charge in [0.15, 0.2) is 0 Å². The molecule has 1 heterocycles. The number of amides is 4. The third-order valence-electron chi connectivity index (χ3n) is 5.64. The first-order valence-electron chi connectivity index (χ1n) is 7.18. The van der Waals surface area contributed by atoms with E-state index in [2.05, 4.69) is 33.0 Å². The van der Waals surface area contributed by atoms with Gasteiger partial charge in [-0.25, -0.2) is 4.79 Å². The second-order valence-corrected chi connectivity index (χ2v) is 7.46. The van der Waals surface area contributed by atoms with Crippen molar-refractivity contribution in [2.24, 2.45) is 28.6 Å². The molecule has 4 amide bonds. The lowest BCUT2D eigenvalue weighted by Gasteiger charge is -2.32. The maximum Gasteiger partial charge on any atom is 0.330 e. The molecule has 0 aromatic rings. The first kappa shape index (κ1) is 15.0. The predicted molar refractivity (Wildman–Crippen MR) is 74.6 cm³/mol. The molecule has 1 aliphatic carbocycles. The molecule has 2 rings (SSSR count). The molecule has 112 valence electrons. The van der Waals surface area contributed by atoms with Crippen LogP contribution in [-0.2, 0) is 9.59 Å². The smallest absolute Gasteiger partial charge is 0.277 e. The predicted octanol–water partition coefficient (Wildman–Crippen LogP) is 2.02. The summed E-state index contributed by atoms with van der Waals surface area (Å²) in [6.45, 7) is 12.6. The highest BCUT2D eigenvalue weighted by atomic mass is 16.2. The van der Waals surface area contributed by atoms with E-state index in [0.29, 0.717) is 6.54 Å². The number of carbonyl (C=O) groups excluding carboxylic acids is 3. The van der Waals surface area contributed by atoms with Crippen LogP contribution in [-0.4, -0.2) is 29.3 Å². The fraction of sp³-hybridized carbons (Fsp3) is 0.800. The number of rotatable bonds is 3. The molecule has 5 heteroatoms. The largest absolute Gasteiger partial charge is 0.330 e. The van der Waals surface area contributed by atoms with Crippen molar-refractivity contribution in [3.05, 3.63) is 0 Å². The van der Waals surface area contributed by atoms with E-state index in [1.165, 1.54) is 4.90 Å². The normalized spacial score (nSPS) is 28.9. The van der Waals surface area contributed by atoms with E-state index in [4.69, 9.17) is 0 Å². The molecule has 1 saturated carbocycles. The number of nitrogens with one attached hydrogen (secondary N) is 1. The van der Waals surface area contributed by atoms with Crippen molar-refractivity contribution >= 4 is 17.8 Å². The highest BCUT2D eigenvalue weighted by molar-refractivity contribution is 6.16. The third kappa shape index (κ3) is 1.95. The summed E-state index contributed by atoms with van der Waals surface area (Å²) in [5, 5.41) is 2.31. The first-order chi connectivity index (χ1) is 9.01. The van der Waals surface area contributed by atoms with Crippen molar-refractivity contribution in [1.29, 1.82) is 0 Å². The molecule has 0 spiro atoms. The Balaban J connectivity index is 2.18. The van der Waals surface area contributed by atoms with Crippen LogP contribution in [0, 0.1) is 28.6 Å². The van der Waals surface area contributed by atoms with Crippen molar-refractivity contribution in [2.45, 2.75) is 41.5 Å². The van der Waals surface area contributed by atoms with Crippen LogP contribution in [0.3, 0.4) is 0 Å². The quantitative estimate of drug-likeness (QED) is 0.804. The van der Waals surface area contributed by atoms with Gasteiger partial charge in [0.25, 0.3) is 0 Å². The number of carbonyl (C=O) groups is 3. The van der Waals surface area contributed by atoms with Crippen LogP contribution < -0.4 is 5.32 Å². The van der Waals surface area contributed by atoms with Gasteiger partial charge < -0.3 is 0 Å². The summed E-state index contributed by atoms with van der Waals surface area (Å²) in [4.78, 5) is 37.4. The number of hydrogen-bond donors (Lipinski definition) is 1. The summed E-state index contributed by atoms with van der Waals surface area (Å²) in [5.41, 5.74) is 0.199. The van der Waals surface area contributed by atoms with Crippen molar-refractivity contribution in [2.75, 3.05) is 6.54 Å². The highest BCUT2D eigenvalue weighted by Gasteiger charge is 2.65. The van der Waals surface area contributed by atoms with Gasteiger partial charge in [-0.3, -0.25) is 19.8 Å². The number of barbiturate groups is 1. The SMILES string of the molecule is CC(C)C1C(=O)NC(=O)N(CC2C(C)(C)C2(C)C)C1=O. The Morgan fingerprint density at radius 3 is 2.00 bits per heavy atom. The van der Waals surface area contributed by atoms with Crippen molar-refractivity contribution in [3.63, 3.8) is 0 Å². The second kappa shape index (κ2) is 4.30. The molecule has 0 radical (unpaired) electrons. The van der Waals surface area contributed by atoms with Crippen molar-refractivity contribution < 1.29 is 14.4 Å². The molecule has 20 heavy (non-hydrogen) atoms. The monoisotopic (exact) mass is 280 g/mol. The zero-order valence-electron chi connectivity index (χ0n) is 13.1. The van der Waals surface area contributed by atoms with E-state index >= 15 is 0 Å². The summed E-state index contributed by atoms with van der Waals surface area (Å²) < 4.78 is 0. The zero-order valence-corrected chi connectivity index (χ0v) is 13.1. The lowest BCUT2D eigenvalue weighted by Crippen LogP contribution is -2.59. The van der Waals surface area contributed by atoms with E-state index in [9.17, 15) is 14.4 Å². The Morgan fingerprint density at radius 1 is 1.10 bits per heavy atom. The molecule has 1 atom stereocenters. The Morgan fingerprint density at radius 2 is 1.60 bits per heavy atom. The molecule has 0 bridgehead atoms. The summed E-state index contributed by atoms with van der Waals surface area (Å²) in [5.74, 6) is -1.42. The van der Waals surface area contributed by atoms with E-state index in [1.807, 2.05) is 13.8 Å². The minimum Gasteiger partial charge on any atom is -0.277 e. The molecule has 0 aromatic carbocycles. The molecule has 0 aromatic heterocycles. The van der Waals surface area contributed by atoms with Gasteiger partial charge in [0.05, 0.1) is 0 Å². The average molecular weight is 280 g/mol. The molecule has 5 nitrogen and oxygen atoms in total. The molecule has 1 saturated heterocycles. The first-order valence-corrected chi connectivity index (χ1v) is 7.18. The molecular formula is C15H24N2O3. The average Bonchev–Trinajstić information content (AvgIpc) is 2.64. The van der Waals surface area contributed by atoms with Crippen LogP contribution in [0.15, 0.2) is 0 Å². The molecule has 2 fully saturated rings. The molecule has 1 unspecified atom stereocenters. The van der Waals surface area contributed by atoms with Gasteiger partial charge >= 0.3 is 6.03 Å². The molecule has 2 aliphatic rings. The van der Waals surface area contributed by atoms with Gasteiger partial charge in [-0.15, -0.1) is 0 Å². The Labute approximate surface area is 120 Å². The highest BCUT2D eigenvalue weighted by Crippen LogP contribution is 2.68. The van der Waals surface area contributed by atoms with Crippen LogP contribution in [0.5, 0.6) is 0 Å². The van der Waals surface area contributed by atoms with Gasteiger partial charge in [0, 0.05) is 6.54 Å². The van der Waals surface area contributed by atoms with E-state index in [1.54, 1.807) is 0 Å². The lowest BCUT2D eigenvalue weighted by atomic mass is 9.92. The summed E-state index contributed by atoms with van der Waals surface area (Å²) in [6.07, 6.45) is 0. The van der Waals surface area contributed by atoms with Crippen molar-refractivity contribution in [3.8, 4) is 0 Å². The summed E-state index contributed by atoms with van der Waals surface area (Å²) in [6, 6.07) is -0.574. The standard InChI is InChI=1S/C15H24N2O3/c1-8(2)10-11(18)16-13(20)17(12(10)19)7-9-14(3,4)15(9,5)6/h8-10H,7H2,1-6H3,(H,16,18,20). The van der Waals surface area contributed by atoms with Crippen LogP contribution in [0.1, 0.15) is 41.5 Å². The van der Waals surface area contributed by atoms with Crippen LogP contribution >= 0.6 is 0 Å². The van der Waals surface area contributed by atoms with E-state index in [-0.39, 0.29) is 28.6 Å². The van der Waals surface area contributed by atoms with Crippen LogP contribution in [0.4, 0.5) is 4.79 Å². The lowest BCUT2D eigenvalue weighted by molar-refractivity contribution is -0.144. The maximum atomic E-state index is 12.4. The third-order valence-corrected chi connectivity index (χ3v) is 5.64. The van der Waals surface area contributed by atoms with E-state index < -0.39 is 17.9 Å². The topological polar surface area (TPSA) is 66.5 Å². The number of nitrogens with zero attached hydrogens (tertiary/aromatic N) is 1. The van der Waals surface area contributed by atoms with Gasteiger partial charge in [-0.2, -0.15) is 0 Å². The number of hydrogen-bond acceptors (Lipinski definition) is 3. The zero-order chi connectivity index (χ0) is 15.5. The second-order valence-electron chi connectivity index (χ2n) is 7.46. The van der Waals surface area contributed by atoms with Gasteiger partial charge in [0.2, 0.25) is 11.8 Å². The Bertz CT molecular complexity index is 466. The number of imide groups is 2. The minimum absolute atomic E-state index is 0.0995. The van der Waals surface area contributed by atoms with Crippen molar-refractivity contribution in [1.82, 2.24) is 10.2 Å². The molecule has 1 aliphatic heterocycles. The van der Waals surface area contributed by atoms with Gasteiger partial charge in [-0.1, -0.05) is 41.5 Å². The van der Waals surface area contributed by atoms with Gasteiger partial charge in [-0.05, 0) is 22.7 Å². The van der Waals surface area contributed by atoms with E-state index in [0.717, 1.165) is 0 Å². The Kier molecular flexibility index (Phi) is 3.23. The van der Waals surface area contributed by atoms with Crippen LogP contribution in [0.25, 0.3) is 0 Å². The summed E-state index contributed by atoms with van der Waals surface area (Å²) in [7, 11) is 0. The number of urea groups is 1. The molecular weight excluding hydrogens is 256 g/mol. The Hall–Kier alpha value is -1.39. The fourth-order valence-electron chi connectivity index (χ4n) is 3.36. The molecule has 1 N–H and O–H groups in total. The minimum atomic E-state index is -0.752.